The quantitative estimate of drug-likeness (QED) is 0.765. The van der Waals surface area contributed by atoms with Crippen molar-refractivity contribution in [2.45, 2.75) is 32.6 Å². The van der Waals surface area contributed by atoms with Crippen molar-refractivity contribution >= 4 is 11.6 Å². The van der Waals surface area contributed by atoms with Crippen molar-refractivity contribution in [2.75, 3.05) is 0 Å². The lowest BCUT2D eigenvalue weighted by Crippen LogP contribution is -2.17. The summed E-state index contributed by atoms with van der Waals surface area (Å²) in [7, 11) is 0. The summed E-state index contributed by atoms with van der Waals surface area (Å²) in [5.41, 5.74) is 3.08. The Kier molecular flexibility index (Phi) is 3.91. The topological polar surface area (TPSA) is 40.5 Å². The molecule has 0 saturated carbocycles. The molecule has 2 atom stereocenters. The van der Waals surface area contributed by atoms with E-state index in [0.29, 0.717) is 10.6 Å². The smallest absolute Gasteiger partial charge is 0.124 e. The number of phenolic OH excluding ortho intramolecular Hbond substituents is 2. The number of benzene rings is 1. The first-order valence-electron chi connectivity index (χ1n) is 6.44. The van der Waals surface area contributed by atoms with Gasteiger partial charge in [-0.2, -0.15) is 0 Å². The second-order valence-corrected chi connectivity index (χ2v) is 5.80. The van der Waals surface area contributed by atoms with E-state index >= 15 is 0 Å². The van der Waals surface area contributed by atoms with Crippen molar-refractivity contribution in [2.24, 2.45) is 5.92 Å². The molecule has 2 nitrogen and oxygen atoms in total. The largest absolute Gasteiger partial charge is 0.508 e. The fourth-order valence-corrected chi connectivity index (χ4v) is 3.16. The van der Waals surface area contributed by atoms with Crippen LogP contribution in [-0.2, 0) is 0 Å². The Balaban J connectivity index is 2.54. The summed E-state index contributed by atoms with van der Waals surface area (Å²) in [5, 5.41) is 20.0. The summed E-state index contributed by atoms with van der Waals surface area (Å²) < 4.78 is 0. The minimum Gasteiger partial charge on any atom is -0.508 e. The van der Waals surface area contributed by atoms with Crippen LogP contribution in [0.4, 0.5) is 0 Å². The van der Waals surface area contributed by atoms with Gasteiger partial charge in [0.05, 0.1) is 5.02 Å². The van der Waals surface area contributed by atoms with Crippen molar-refractivity contribution in [1.29, 1.82) is 0 Å². The van der Waals surface area contributed by atoms with Gasteiger partial charge in [-0.1, -0.05) is 35.4 Å². The summed E-state index contributed by atoms with van der Waals surface area (Å²) in [6.45, 7) is 8.15. The molecular formula is C16H19ClO2. The highest BCUT2D eigenvalue weighted by molar-refractivity contribution is 6.31. The molecule has 0 aromatic heterocycles. The average molecular weight is 279 g/mol. The Bertz CT molecular complexity index is 523. The predicted molar refractivity (Wildman–Crippen MR) is 78.8 cm³/mol. The van der Waals surface area contributed by atoms with Crippen LogP contribution in [0.3, 0.4) is 0 Å². The van der Waals surface area contributed by atoms with Crippen molar-refractivity contribution in [3.05, 3.63) is 46.5 Å². The highest BCUT2D eigenvalue weighted by atomic mass is 35.5. The third-order valence-corrected chi connectivity index (χ3v) is 4.12. The fraction of sp³-hybridized carbons (Fsp3) is 0.375. The van der Waals surface area contributed by atoms with Gasteiger partial charge in [0.2, 0.25) is 0 Å². The van der Waals surface area contributed by atoms with Gasteiger partial charge in [-0.05, 0) is 38.7 Å². The molecule has 2 N–H and O–H groups in total. The van der Waals surface area contributed by atoms with E-state index in [4.69, 9.17) is 11.6 Å². The monoisotopic (exact) mass is 278 g/mol. The van der Waals surface area contributed by atoms with Crippen molar-refractivity contribution in [3.63, 3.8) is 0 Å². The van der Waals surface area contributed by atoms with E-state index in [9.17, 15) is 10.2 Å². The zero-order chi connectivity index (χ0) is 14.2. The zero-order valence-electron chi connectivity index (χ0n) is 11.3. The SMILES string of the molecule is C=C(C)[C@@H]1CCC(C)=C[C@@H]1c1c(O)cc(O)cc1Cl. The average Bonchev–Trinajstić information content (AvgIpc) is 2.27. The van der Waals surface area contributed by atoms with Crippen LogP contribution in [0.1, 0.15) is 38.2 Å². The molecule has 0 amide bonds. The lowest BCUT2D eigenvalue weighted by Gasteiger charge is -2.31. The maximum Gasteiger partial charge on any atom is 0.124 e. The first-order chi connectivity index (χ1) is 8.90. The van der Waals surface area contributed by atoms with E-state index in [2.05, 4.69) is 19.6 Å². The second-order valence-electron chi connectivity index (χ2n) is 5.39. The zero-order valence-corrected chi connectivity index (χ0v) is 12.0. The number of aromatic hydroxyl groups is 2. The summed E-state index contributed by atoms with van der Waals surface area (Å²) in [4.78, 5) is 0. The van der Waals surface area contributed by atoms with Crippen molar-refractivity contribution in [3.8, 4) is 11.5 Å². The lowest BCUT2D eigenvalue weighted by molar-refractivity contribution is 0.426. The van der Waals surface area contributed by atoms with Gasteiger partial charge < -0.3 is 10.2 Å². The Labute approximate surface area is 119 Å². The summed E-state index contributed by atoms with van der Waals surface area (Å²) >= 11 is 6.21. The van der Waals surface area contributed by atoms with E-state index in [1.165, 1.54) is 17.7 Å². The first-order valence-corrected chi connectivity index (χ1v) is 6.82. The number of phenols is 2. The minimum atomic E-state index is -0.0189. The van der Waals surface area contributed by atoms with E-state index in [0.717, 1.165) is 18.4 Å². The van der Waals surface area contributed by atoms with Gasteiger partial charge in [-0.15, -0.1) is 0 Å². The van der Waals surface area contributed by atoms with E-state index in [-0.39, 0.29) is 23.3 Å². The van der Waals surface area contributed by atoms with Gasteiger partial charge >= 0.3 is 0 Å². The van der Waals surface area contributed by atoms with Gasteiger partial charge in [0.1, 0.15) is 11.5 Å². The Hall–Kier alpha value is -1.41. The summed E-state index contributed by atoms with van der Waals surface area (Å²) in [6, 6.07) is 2.82. The van der Waals surface area contributed by atoms with Crippen LogP contribution in [0.25, 0.3) is 0 Å². The molecule has 0 aliphatic heterocycles. The highest BCUT2D eigenvalue weighted by Gasteiger charge is 2.29. The van der Waals surface area contributed by atoms with Gasteiger partial charge in [0.25, 0.3) is 0 Å². The van der Waals surface area contributed by atoms with Crippen molar-refractivity contribution < 1.29 is 10.2 Å². The molecule has 0 radical (unpaired) electrons. The van der Waals surface area contributed by atoms with Gasteiger partial charge in [0.15, 0.2) is 0 Å². The molecular weight excluding hydrogens is 260 g/mol. The van der Waals surface area contributed by atoms with E-state index < -0.39 is 0 Å². The summed E-state index contributed by atoms with van der Waals surface area (Å²) in [5.74, 6) is 0.331. The van der Waals surface area contributed by atoms with Gasteiger partial charge in [-0.25, -0.2) is 0 Å². The van der Waals surface area contributed by atoms with Crippen LogP contribution in [0.2, 0.25) is 5.02 Å². The highest BCUT2D eigenvalue weighted by Crippen LogP contribution is 2.46. The molecule has 0 saturated heterocycles. The van der Waals surface area contributed by atoms with Crippen LogP contribution < -0.4 is 0 Å². The molecule has 19 heavy (non-hydrogen) atoms. The molecule has 0 bridgehead atoms. The van der Waals surface area contributed by atoms with Crippen molar-refractivity contribution in [1.82, 2.24) is 0 Å². The second kappa shape index (κ2) is 5.30. The normalized spacial score (nSPS) is 23.0. The van der Waals surface area contributed by atoms with Crippen LogP contribution in [0, 0.1) is 5.92 Å². The van der Waals surface area contributed by atoms with Crippen LogP contribution in [-0.4, -0.2) is 10.2 Å². The third kappa shape index (κ3) is 2.79. The number of rotatable bonds is 2. The maximum absolute atomic E-state index is 10.1. The molecule has 0 spiro atoms. The van der Waals surface area contributed by atoms with E-state index in [1.54, 1.807) is 0 Å². The number of allylic oxidation sites excluding steroid dienone is 3. The Morgan fingerprint density at radius 3 is 2.63 bits per heavy atom. The number of hydrogen-bond donors (Lipinski definition) is 2. The van der Waals surface area contributed by atoms with Gasteiger partial charge in [0, 0.05) is 17.5 Å². The number of halogens is 1. The predicted octanol–water partition coefficient (Wildman–Crippen LogP) is 4.77. The first kappa shape index (κ1) is 14.0. The molecule has 1 aliphatic rings. The maximum atomic E-state index is 10.1. The third-order valence-electron chi connectivity index (χ3n) is 3.81. The molecule has 102 valence electrons. The standard InChI is InChI=1S/C16H19ClO2/c1-9(2)12-5-4-10(3)6-13(12)16-14(17)7-11(18)8-15(16)19/h6-8,12-13,18-19H,1,4-5H2,2-3H3/t12-,13-/m0/s1. The minimum absolute atomic E-state index is 0.0189. The molecule has 1 aromatic rings. The summed E-state index contributed by atoms with van der Waals surface area (Å²) in [6.07, 6.45) is 4.21. The molecule has 0 heterocycles. The van der Waals surface area contributed by atoms with Crippen LogP contribution >= 0.6 is 11.6 Å². The van der Waals surface area contributed by atoms with Crippen LogP contribution in [0.15, 0.2) is 35.9 Å². The van der Waals surface area contributed by atoms with Gasteiger partial charge in [-0.3, -0.25) is 0 Å². The Morgan fingerprint density at radius 1 is 1.37 bits per heavy atom. The molecule has 0 unspecified atom stereocenters. The molecule has 3 heteroatoms. The Morgan fingerprint density at radius 2 is 2.05 bits per heavy atom. The molecule has 1 aliphatic carbocycles. The van der Waals surface area contributed by atoms with Crippen LogP contribution in [0.5, 0.6) is 11.5 Å². The fourth-order valence-electron chi connectivity index (χ4n) is 2.83. The lowest BCUT2D eigenvalue weighted by atomic mass is 9.74. The molecule has 1 aromatic carbocycles. The van der Waals surface area contributed by atoms with E-state index in [1.807, 2.05) is 6.92 Å². The molecule has 2 rings (SSSR count). The molecule has 0 fully saturated rings. The number of hydrogen-bond acceptors (Lipinski definition) is 2.